The van der Waals surface area contributed by atoms with Gasteiger partial charge in [0, 0.05) is 0 Å². The van der Waals surface area contributed by atoms with Gasteiger partial charge in [0.15, 0.2) is 5.44 Å². The van der Waals surface area contributed by atoms with Gasteiger partial charge in [-0.15, -0.1) is 0 Å². The molecule has 0 radical (unpaired) electrons. The smallest absolute Gasteiger partial charge is 1.00 e. The Kier molecular flexibility index (Phi) is 21.1. The van der Waals surface area contributed by atoms with Crippen molar-refractivity contribution >= 4 is 10.1 Å². The number of unbranched alkanes of at least 4 members (excludes halogenated alkanes) is 13. The molecule has 0 rings (SSSR count). The fourth-order valence-electron chi connectivity index (χ4n) is 2.57. The van der Waals surface area contributed by atoms with Crippen molar-refractivity contribution in [2.75, 3.05) is 6.61 Å². The first kappa shape index (κ1) is 27.1. The molecule has 0 saturated carbocycles. The SMILES string of the molecule is CCCCCCCCCCCCCCCCOS(=O)(=O)C(C)O.[H-].[Na+]. The Morgan fingerprint density at radius 3 is 1.46 bits per heavy atom. The largest absolute Gasteiger partial charge is 1.00 e. The van der Waals surface area contributed by atoms with Gasteiger partial charge in [-0.05, 0) is 13.3 Å². The Hall–Kier alpha value is 0.870. The van der Waals surface area contributed by atoms with Gasteiger partial charge in [0.05, 0.1) is 6.61 Å². The summed E-state index contributed by atoms with van der Waals surface area (Å²) >= 11 is 0. The zero-order chi connectivity index (χ0) is 17.4. The molecular weight excluding hydrogens is 335 g/mol. The van der Waals surface area contributed by atoms with Crippen LogP contribution in [0.1, 0.15) is 105 Å². The Bertz CT molecular complexity index is 351. The van der Waals surface area contributed by atoms with E-state index in [-0.39, 0.29) is 37.6 Å². The molecule has 0 aromatic heterocycles. The summed E-state index contributed by atoms with van der Waals surface area (Å²) < 4.78 is 27.1. The maximum absolute atomic E-state index is 11.2. The van der Waals surface area contributed by atoms with E-state index in [1.165, 1.54) is 77.6 Å². The number of hydrogen-bond acceptors (Lipinski definition) is 4. The van der Waals surface area contributed by atoms with Crippen LogP contribution in [0.15, 0.2) is 0 Å². The van der Waals surface area contributed by atoms with Gasteiger partial charge in [-0.2, -0.15) is 8.42 Å². The van der Waals surface area contributed by atoms with Crippen LogP contribution >= 0.6 is 0 Å². The molecule has 0 spiro atoms. The summed E-state index contributed by atoms with van der Waals surface area (Å²) in [5, 5.41) is 8.98. The van der Waals surface area contributed by atoms with Crippen molar-refractivity contribution in [3.8, 4) is 0 Å². The maximum atomic E-state index is 11.2. The minimum atomic E-state index is -3.76. The van der Waals surface area contributed by atoms with Gasteiger partial charge in [-0.25, -0.2) is 0 Å². The van der Waals surface area contributed by atoms with E-state index in [0.29, 0.717) is 0 Å². The molecule has 0 heterocycles. The second kappa shape index (κ2) is 18.7. The van der Waals surface area contributed by atoms with Crippen molar-refractivity contribution in [2.24, 2.45) is 0 Å². The van der Waals surface area contributed by atoms with E-state index in [0.717, 1.165) is 19.3 Å². The van der Waals surface area contributed by atoms with Gasteiger partial charge < -0.3 is 6.53 Å². The topological polar surface area (TPSA) is 63.6 Å². The molecule has 1 atom stereocenters. The van der Waals surface area contributed by atoms with Gasteiger partial charge in [0.2, 0.25) is 0 Å². The van der Waals surface area contributed by atoms with Crippen molar-refractivity contribution in [2.45, 2.75) is 109 Å². The average molecular weight is 375 g/mol. The Morgan fingerprint density at radius 1 is 0.792 bits per heavy atom. The summed E-state index contributed by atoms with van der Waals surface area (Å²) in [6, 6.07) is 0. The third kappa shape index (κ3) is 17.7. The van der Waals surface area contributed by atoms with Crippen molar-refractivity contribution in [3.05, 3.63) is 0 Å². The molecule has 24 heavy (non-hydrogen) atoms. The zero-order valence-electron chi connectivity index (χ0n) is 17.3. The third-order valence-electron chi connectivity index (χ3n) is 4.16. The molecule has 0 bridgehead atoms. The number of aliphatic hydroxyl groups excluding tert-OH is 1. The molecule has 0 aliphatic carbocycles. The molecule has 0 aliphatic rings. The molecule has 0 saturated heterocycles. The first-order chi connectivity index (χ1) is 11.0. The molecular formula is C18H39NaO4S. The fourth-order valence-corrected chi connectivity index (χ4v) is 3.12. The second-order valence-electron chi connectivity index (χ2n) is 6.51. The van der Waals surface area contributed by atoms with Crippen LogP contribution in [0.4, 0.5) is 0 Å². The molecule has 4 nitrogen and oxygen atoms in total. The minimum Gasteiger partial charge on any atom is -1.00 e. The van der Waals surface area contributed by atoms with E-state index in [1.54, 1.807) is 0 Å². The summed E-state index contributed by atoms with van der Waals surface area (Å²) in [4.78, 5) is 0. The van der Waals surface area contributed by atoms with Crippen LogP contribution in [0.5, 0.6) is 0 Å². The van der Waals surface area contributed by atoms with Crippen LogP contribution in [-0.2, 0) is 14.3 Å². The summed E-state index contributed by atoms with van der Waals surface area (Å²) in [7, 11) is -3.76. The van der Waals surface area contributed by atoms with Crippen molar-refractivity contribution in [1.82, 2.24) is 0 Å². The number of rotatable bonds is 17. The van der Waals surface area contributed by atoms with Crippen LogP contribution < -0.4 is 29.6 Å². The molecule has 0 aromatic carbocycles. The molecule has 0 aromatic rings. The van der Waals surface area contributed by atoms with Crippen molar-refractivity contribution < 1.29 is 48.7 Å². The molecule has 0 aliphatic heterocycles. The van der Waals surface area contributed by atoms with E-state index < -0.39 is 15.6 Å². The molecule has 6 heteroatoms. The fraction of sp³-hybridized carbons (Fsp3) is 1.00. The van der Waals surface area contributed by atoms with E-state index in [4.69, 9.17) is 9.29 Å². The first-order valence-corrected chi connectivity index (χ1v) is 11.0. The van der Waals surface area contributed by atoms with E-state index in [2.05, 4.69) is 6.92 Å². The Labute approximate surface area is 174 Å². The standard InChI is InChI=1S/C18H38O4S.Na.H/c1-3-4-5-6-7-8-9-10-11-12-13-14-15-16-17-22-23(20,21)18(2)19;;/h18-19H,3-17H2,1-2H3;;/q;+1;-1. The monoisotopic (exact) mass is 374 g/mol. The summed E-state index contributed by atoms with van der Waals surface area (Å²) in [6.07, 6.45) is 17.7. The van der Waals surface area contributed by atoms with Crippen LogP contribution in [0, 0.1) is 0 Å². The summed E-state index contributed by atoms with van der Waals surface area (Å²) in [5.74, 6) is 0. The molecule has 0 fully saturated rings. The number of hydrogen-bond donors (Lipinski definition) is 1. The van der Waals surface area contributed by atoms with Gasteiger partial charge in [0.1, 0.15) is 0 Å². The molecule has 0 amide bonds. The summed E-state index contributed by atoms with van der Waals surface area (Å²) in [6.45, 7) is 3.65. The minimum absolute atomic E-state index is 0. The zero-order valence-corrected chi connectivity index (χ0v) is 19.1. The quantitative estimate of drug-likeness (QED) is 0.241. The van der Waals surface area contributed by atoms with E-state index in [9.17, 15) is 8.42 Å². The van der Waals surface area contributed by atoms with E-state index in [1.807, 2.05) is 0 Å². The average Bonchev–Trinajstić information content (AvgIpc) is 2.51. The second-order valence-corrected chi connectivity index (χ2v) is 8.41. The van der Waals surface area contributed by atoms with Crippen molar-refractivity contribution in [1.29, 1.82) is 0 Å². The Balaban J connectivity index is -0.00000242. The van der Waals surface area contributed by atoms with Crippen LogP contribution in [-0.4, -0.2) is 25.6 Å². The van der Waals surface area contributed by atoms with Crippen LogP contribution in [0.25, 0.3) is 0 Å². The maximum Gasteiger partial charge on any atom is 1.00 e. The first-order valence-electron chi connectivity index (χ1n) is 9.57. The van der Waals surface area contributed by atoms with Crippen molar-refractivity contribution in [3.63, 3.8) is 0 Å². The van der Waals surface area contributed by atoms with E-state index >= 15 is 0 Å². The summed E-state index contributed by atoms with van der Waals surface area (Å²) in [5.41, 5.74) is -1.44. The molecule has 1 unspecified atom stereocenters. The van der Waals surface area contributed by atoms with Gasteiger partial charge in [-0.3, -0.25) is 4.18 Å². The predicted octanol–water partition coefficient (Wildman–Crippen LogP) is 2.27. The third-order valence-corrected chi connectivity index (χ3v) is 5.49. The molecule has 142 valence electrons. The van der Waals surface area contributed by atoms with Gasteiger partial charge in [-0.1, -0.05) is 90.4 Å². The van der Waals surface area contributed by atoms with Gasteiger partial charge >= 0.3 is 29.6 Å². The Morgan fingerprint density at radius 2 is 1.12 bits per heavy atom. The number of aliphatic hydroxyl groups is 1. The van der Waals surface area contributed by atoms with Gasteiger partial charge in [0.25, 0.3) is 10.1 Å². The molecule has 1 N–H and O–H groups in total. The normalized spacial score (nSPS) is 12.8. The predicted molar refractivity (Wildman–Crippen MR) is 98.0 cm³/mol. The van der Waals surface area contributed by atoms with Crippen LogP contribution in [0.2, 0.25) is 0 Å². The van der Waals surface area contributed by atoms with Crippen LogP contribution in [0.3, 0.4) is 0 Å².